The molecule has 0 aliphatic heterocycles. The van der Waals surface area contributed by atoms with Crippen LogP contribution in [0.4, 0.5) is 4.39 Å². The summed E-state index contributed by atoms with van der Waals surface area (Å²) >= 11 is 0. The Morgan fingerprint density at radius 3 is 2.76 bits per heavy atom. The van der Waals surface area contributed by atoms with Gasteiger partial charge in [-0.25, -0.2) is 4.39 Å². The average Bonchev–Trinajstić information content (AvgIpc) is 2.31. The van der Waals surface area contributed by atoms with Crippen LogP contribution in [0.2, 0.25) is 0 Å². The number of benzene rings is 1. The molecule has 0 aliphatic rings. The highest BCUT2D eigenvalue weighted by Crippen LogP contribution is 2.19. The third kappa shape index (κ3) is 4.10. The zero-order valence-corrected chi connectivity index (χ0v) is 9.23. The average molecular weight is 236 g/mol. The summed E-state index contributed by atoms with van der Waals surface area (Å²) in [6.07, 6.45) is 1.63. The van der Waals surface area contributed by atoms with Crippen molar-refractivity contribution in [1.29, 1.82) is 0 Å². The molecule has 0 unspecified atom stereocenters. The van der Waals surface area contributed by atoms with Gasteiger partial charge in [0.1, 0.15) is 12.4 Å². The third-order valence-electron chi connectivity index (χ3n) is 2.11. The predicted molar refractivity (Wildman–Crippen MR) is 62.7 cm³/mol. The molecule has 1 rings (SSSR count). The van der Waals surface area contributed by atoms with Gasteiger partial charge in [-0.15, -0.1) is 0 Å². The summed E-state index contributed by atoms with van der Waals surface area (Å²) in [6.45, 7) is 3.46. The zero-order valence-electron chi connectivity index (χ0n) is 9.23. The molecule has 0 fully saturated rings. The Hall–Kier alpha value is -2.10. The Morgan fingerprint density at radius 1 is 1.47 bits per heavy atom. The van der Waals surface area contributed by atoms with E-state index in [0.29, 0.717) is 23.2 Å². The first kappa shape index (κ1) is 13.0. The second kappa shape index (κ2) is 6.48. The molecule has 0 aromatic heterocycles. The van der Waals surface area contributed by atoms with Gasteiger partial charge < -0.3 is 9.84 Å². The summed E-state index contributed by atoms with van der Waals surface area (Å²) in [5.41, 5.74) is 0.859. The number of hydrogen-bond donors (Lipinski definition) is 1. The summed E-state index contributed by atoms with van der Waals surface area (Å²) in [5.74, 6) is -0.498. The largest absolute Gasteiger partial charge is 0.489 e. The molecule has 0 atom stereocenters. The SMILES string of the molecule is C=C/C(=C/F)COc1ccccc1CC(=O)O. The molecule has 1 N–H and O–H groups in total. The maximum Gasteiger partial charge on any atom is 0.307 e. The summed E-state index contributed by atoms with van der Waals surface area (Å²) in [5, 5.41) is 8.72. The van der Waals surface area contributed by atoms with E-state index in [-0.39, 0.29) is 13.0 Å². The Kier molecular flexibility index (Phi) is 4.94. The minimum Gasteiger partial charge on any atom is -0.489 e. The van der Waals surface area contributed by atoms with Gasteiger partial charge >= 0.3 is 5.97 Å². The van der Waals surface area contributed by atoms with E-state index in [2.05, 4.69) is 6.58 Å². The van der Waals surface area contributed by atoms with Gasteiger partial charge in [-0.2, -0.15) is 0 Å². The molecule has 0 bridgehead atoms. The molecular weight excluding hydrogens is 223 g/mol. The van der Waals surface area contributed by atoms with Crippen LogP contribution in [0.15, 0.2) is 48.8 Å². The Morgan fingerprint density at radius 2 is 2.18 bits per heavy atom. The monoisotopic (exact) mass is 236 g/mol. The predicted octanol–water partition coefficient (Wildman–Crippen LogP) is 2.73. The van der Waals surface area contributed by atoms with Gasteiger partial charge in [0, 0.05) is 11.1 Å². The van der Waals surface area contributed by atoms with Crippen molar-refractivity contribution in [2.24, 2.45) is 0 Å². The lowest BCUT2D eigenvalue weighted by Crippen LogP contribution is -2.05. The van der Waals surface area contributed by atoms with Crippen LogP contribution in [0.5, 0.6) is 5.75 Å². The van der Waals surface area contributed by atoms with Crippen molar-refractivity contribution >= 4 is 5.97 Å². The van der Waals surface area contributed by atoms with Crippen LogP contribution in [0.25, 0.3) is 0 Å². The maximum atomic E-state index is 12.3. The first-order valence-corrected chi connectivity index (χ1v) is 5.01. The second-order valence-electron chi connectivity index (χ2n) is 3.36. The van der Waals surface area contributed by atoms with Crippen molar-refractivity contribution in [3.05, 3.63) is 54.4 Å². The fraction of sp³-hybridized carbons (Fsp3) is 0.154. The van der Waals surface area contributed by atoms with Crippen LogP contribution in [-0.2, 0) is 11.2 Å². The second-order valence-corrected chi connectivity index (χ2v) is 3.36. The van der Waals surface area contributed by atoms with Gasteiger partial charge in [0.2, 0.25) is 0 Å². The highest BCUT2D eigenvalue weighted by atomic mass is 19.1. The first-order chi connectivity index (χ1) is 8.17. The van der Waals surface area contributed by atoms with Crippen LogP contribution in [-0.4, -0.2) is 17.7 Å². The molecule has 1 aromatic rings. The van der Waals surface area contributed by atoms with E-state index in [1.165, 1.54) is 6.08 Å². The number of carboxylic acids is 1. The molecule has 4 heteroatoms. The Bertz CT molecular complexity index is 438. The van der Waals surface area contributed by atoms with E-state index in [0.717, 1.165) is 0 Å². The molecule has 0 amide bonds. The molecular formula is C13H13FO3. The molecule has 0 aliphatic carbocycles. The van der Waals surface area contributed by atoms with E-state index in [9.17, 15) is 9.18 Å². The van der Waals surface area contributed by atoms with Crippen molar-refractivity contribution in [2.75, 3.05) is 6.61 Å². The van der Waals surface area contributed by atoms with Gasteiger partial charge in [-0.1, -0.05) is 30.9 Å². The van der Waals surface area contributed by atoms with Crippen LogP contribution < -0.4 is 4.74 Å². The van der Waals surface area contributed by atoms with Gasteiger partial charge in [0.25, 0.3) is 0 Å². The first-order valence-electron chi connectivity index (χ1n) is 5.01. The van der Waals surface area contributed by atoms with Gasteiger partial charge in [0.15, 0.2) is 0 Å². The molecule has 0 heterocycles. The summed E-state index contributed by atoms with van der Waals surface area (Å²) in [6, 6.07) is 6.77. The lowest BCUT2D eigenvalue weighted by molar-refractivity contribution is -0.136. The van der Waals surface area contributed by atoms with Gasteiger partial charge in [0.05, 0.1) is 12.8 Å². The van der Waals surface area contributed by atoms with Crippen LogP contribution in [0.1, 0.15) is 5.56 Å². The normalized spacial score (nSPS) is 11.0. The van der Waals surface area contributed by atoms with Crippen molar-refractivity contribution in [3.63, 3.8) is 0 Å². The van der Waals surface area contributed by atoms with Gasteiger partial charge in [-0.05, 0) is 6.07 Å². The number of hydrogen-bond acceptors (Lipinski definition) is 2. The third-order valence-corrected chi connectivity index (χ3v) is 2.11. The van der Waals surface area contributed by atoms with E-state index in [1.54, 1.807) is 24.3 Å². The zero-order chi connectivity index (χ0) is 12.7. The molecule has 17 heavy (non-hydrogen) atoms. The van der Waals surface area contributed by atoms with E-state index in [4.69, 9.17) is 9.84 Å². The smallest absolute Gasteiger partial charge is 0.307 e. The minimum atomic E-state index is -0.939. The number of para-hydroxylation sites is 1. The molecule has 1 aromatic carbocycles. The van der Waals surface area contributed by atoms with Crippen molar-refractivity contribution in [1.82, 2.24) is 0 Å². The number of carboxylic acid groups (broad SMARTS) is 1. The number of halogens is 1. The van der Waals surface area contributed by atoms with Crippen LogP contribution in [0, 0.1) is 0 Å². The molecule has 90 valence electrons. The van der Waals surface area contributed by atoms with E-state index < -0.39 is 5.97 Å². The topological polar surface area (TPSA) is 46.5 Å². The Labute approximate surface area is 98.8 Å². The van der Waals surface area contributed by atoms with Crippen molar-refractivity contribution < 1.29 is 19.0 Å². The highest BCUT2D eigenvalue weighted by molar-refractivity contribution is 5.71. The fourth-order valence-corrected chi connectivity index (χ4v) is 1.25. The van der Waals surface area contributed by atoms with E-state index in [1.807, 2.05) is 0 Å². The number of rotatable bonds is 6. The molecule has 3 nitrogen and oxygen atoms in total. The molecule has 0 spiro atoms. The maximum absolute atomic E-state index is 12.3. The molecule has 0 saturated heterocycles. The lowest BCUT2D eigenvalue weighted by atomic mass is 10.1. The molecule has 0 radical (unpaired) electrons. The van der Waals surface area contributed by atoms with Crippen molar-refractivity contribution in [3.8, 4) is 5.75 Å². The minimum absolute atomic E-state index is 0.0244. The fourth-order valence-electron chi connectivity index (χ4n) is 1.25. The number of carbonyl (C=O) groups is 1. The quantitative estimate of drug-likeness (QED) is 0.772. The standard InChI is InChI=1S/C13H13FO3/c1-2-10(8-14)9-17-12-6-4-3-5-11(12)7-13(15)16/h2-6,8H,1,7,9H2,(H,15,16)/b10-8-. The van der Waals surface area contributed by atoms with Crippen molar-refractivity contribution in [2.45, 2.75) is 6.42 Å². The highest BCUT2D eigenvalue weighted by Gasteiger charge is 2.07. The number of aliphatic carboxylic acids is 1. The number of ether oxygens (including phenoxy) is 1. The molecule has 0 saturated carbocycles. The van der Waals surface area contributed by atoms with E-state index >= 15 is 0 Å². The Balaban J connectivity index is 2.76. The summed E-state index contributed by atoms with van der Waals surface area (Å²) < 4.78 is 17.6. The lowest BCUT2D eigenvalue weighted by Gasteiger charge is -2.09. The summed E-state index contributed by atoms with van der Waals surface area (Å²) in [4.78, 5) is 10.6. The van der Waals surface area contributed by atoms with Crippen LogP contribution >= 0.6 is 0 Å². The van der Waals surface area contributed by atoms with Crippen LogP contribution in [0.3, 0.4) is 0 Å². The summed E-state index contributed by atoms with van der Waals surface area (Å²) in [7, 11) is 0. The van der Waals surface area contributed by atoms with Gasteiger partial charge in [-0.3, -0.25) is 4.79 Å².